The van der Waals surface area contributed by atoms with Crippen LogP contribution >= 0.6 is 0 Å². The van der Waals surface area contributed by atoms with E-state index in [4.69, 9.17) is 15.0 Å². The topological polar surface area (TPSA) is 61.3 Å². The van der Waals surface area contributed by atoms with Gasteiger partial charge in [0.15, 0.2) is 0 Å². The molecule has 0 bridgehead atoms. The normalized spacial score (nSPS) is 18.9. The molecule has 4 nitrogen and oxygen atoms in total. The van der Waals surface area contributed by atoms with Gasteiger partial charge in [-0.2, -0.15) is 0 Å². The van der Waals surface area contributed by atoms with Crippen molar-refractivity contribution in [3.8, 4) is 11.1 Å². The Morgan fingerprint density at radius 1 is 1.21 bits per heavy atom. The Hall–Kier alpha value is -1.95. The molecule has 2 aromatic rings. The number of ether oxygens (including phenoxy) is 1. The number of hydrogen-bond donors (Lipinski definition) is 1. The standard InChI is InChI=1S/C13H12F2N2O2/c14-8-4-7(5-9(15)6-8)11-12(17-19-13(11)16)10-2-1-3-18-10/h4-6,10H,1-3,16H2. The van der Waals surface area contributed by atoms with Crippen LogP contribution in [0.15, 0.2) is 22.7 Å². The first kappa shape index (κ1) is 12.1. The summed E-state index contributed by atoms with van der Waals surface area (Å²) in [7, 11) is 0. The SMILES string of the molecule is Nc1onc(C2CCCO2)c1-c1cc(F)cc(F)c1. The minimum Gasteiger partial charge on any atom is -0.372 e. The fraction of sp³-hybridized carbons (Fsp3) is 0.308. The molecule has 2 N–H and O–H groups in total. The van der Waals surface area contributed by atoms with Gasteiger partial charge in [0, 0.05) is 12.7 Å². The van der Waals surface area contributed by atoms with Gasteiger partial charge < -0.3 is 15.0 Å². The summed E-state index contributed by atoms with van der Waals surface area (Å²) >= 11 is 0. The van der Waals surface area contributed by atoms with Crippen LogP contribution in [0.2, 0.25) is 0 Å². The van der Waals surface area contributed by atoms with E-state index in [9.17, 15) is 8.78 Å². The number of halogens is 2. The van der Waals surface area contributed by atoms with Crippen molar-refractivity contribution in [3.05, 3.63) is 35.5 Å². The van der Waals surface area contributed by atoms with Crippen molar-refractivity contribution in [2.75, 3.05) is 12.3 Å². The van der Waals surface area contributed by atoms with E-state index in [-0.39, 0.29) is 12.0 Å². The van der Waals surface area contributed by atoms with E-state index in [0.29, 0.717) is 23.4 Å². The second-order valence-corrected chi connectivity index (χ2v) is 4.47. The van der Waals surface area contributed by atoms with Gasteiger partial charge in [-0.3, -0.25) is 0 Å². The van der Waals surface area contributed by atoms with Gasteiger partial charge in [0.1, 0.15) is 23.4 Å². The number of rotatable bonds is 2. The van der Waals surface area contributed by atoms with Crippen LogP contribution in [0.3, 0.4) is 0 Å². The zero-order chi connectivity index (χ0) is 13.4. The first-order valence-corrected chi connectivity index (χ1v) is 5.98. The Labute approximate surface area is 108 Å². The third kappa shape index (κ3) is 2.19. The molecule has 1 unspecified atom stereocenters. The fourth-order valence-corrected chi connectivity index (χ4v) is 2.32. The van der Waals surface area contributed by atoms with E-state index in [1.54, 1.807) is 0 Å². The predicted molar refractivity (Wildman–Crippen MR) is 64.2 cm³/mol. The highest BCUT2D eigenvalue weighted by Crippen LogP contribution is 2.38. The summed E-state index contributed by atoms with van der Waals surface area (Å²) in [4.78, 5) is 0. The lowest BCUT2D eigenvalue weighted by Crippen LogP contribution is -1.99. The molecule has 0 aliphatic carbocycles. The zero-order valence-corrected chi connectivity index (χ0v) is 10.0. The number of hydrogen-bond acceptors (Lipinski definition) is 4. The van der Waals surface area contributed by atoms with Gasteiger partial charge in [-0.25, -0.2) is 8.78 Å². The van der Waals surface area contributed by atoms with Gasteiger partial charge >= 0.3 is 0 Å². The average Bonchev–Trinajstić information content (AvgIpc) is 2.95. The Bertz CT molecular complexity index is 586. The molecule has 0 amide bonds. The molecule has 1 aromatic carbocycles. The van der Waals surface area contributed by atoms with Crippen LogP contribution in [-0.4, -0.2) is 11.8 Å². The molecule has 1 aliphatic heterocycles. The van der Waals surface area contributed by atoms with E-state index < -0.39 is 11.6 Å². The van der Waals surface area contributed by atoms with Crippen molar-refractivity contribution in [2.24, 2.45) is 0 Å². The molecule has 1 aliphatic rings. The van der Waals surface area contributed by atoms with Crippen molar-refractivity contribution < 1.29 is 18.0 Å². The molecule has 0 radical (unpaired) electrons. The van der Waals surface area contributed by atoms with Crippen LogP contribution in [0.4, 0.5) is 14.7 Å². The van der Waals surface area contributed by atoms with Crippen molar-refractivity contribution in [3.63, 3.8) is 0 Å². The molecule has 19 heavy (non-hydrogen) atoms. The molecule has 2 heterocycles. The third-order valence-corrected chi connectivity index (χ3v) is 3.13. The van der Waals surface area contributed by atoms with E-state index in [1.165, 1.54) is 12.1 Å². The van der Waals surface area contributed by atoms with Crippen LogP contribution in [0.25, 0.3) is 11.1 Å². The summed E-state index contributed by atoms with van der Waals surface area (Å²) in [5.74, 6) is -1.31. The highest BCUT2D eigenvalue weighted by atomic mass is 19.1. The van der Waals surface area contributed by atoms with Crippen molar-refractivity contribution >= 4 is 5.88 Å². The van der Waals surface area contributed by atoms with Crippen LogP contribution in [0.5, 0.6) is 0 Å². The maximum Gasteiger partial charge on any atom is 0.230 e. The van der Waals surface area contributed by atoms with Gasteiger partial charge in [0.25, 0.3) is 0 Å². The lowest BCUT2D eigenvalue weighted by atomic mass is 10.0. The first-order chi connectivity index (χ1) is 9.15. The molecule has 6 heteroatoms. The van der Waals surface area contributed by atoms with Gasteiger partial charge in [-0.05, 0) is 30.5 Å². The largest absolute Gasteiger partial charge is 0.372 e. The van der Waals surface area contributed by atoms with Crippen LogP contribution in [0, 0.1) is 11.6 Å². The summed E-state index contributed by atoms with van der Waals surface area (Å²) in [5.41, 5.74) is 6.93. The average molecular weight is 266 g/mol. The zero-order valence-electron chi connectivity index (χ0n) is 10.0. The second kappa shape index (κ2) is 4.62. The van der Waals surface area contributed by atoms with Crippen molar-refractivity contribution in [2.45, 2.75) is 18.9 Å². The van der Waals surface area contributed by atoms with Gasteiger partial charge in [-0.15, -0.1) is 0 Å². The maximum atomic E-state index is 13.3. The number of nitrogen functional groups attached to an aromatic ring is 1. The van der Waals surface area contributed by atoms with E-state index in [1.807, 2.05) is 0 Å². The van der Waals surface area contributed by atoms with Crippen LogP contribution in [0.1, 0.15) is 24.6 Å². The maximum absolute atomic E-state index is 13.3. The minimum absolute atomic E-state index is 0.0375. The highest BCUT2D eigenvalue weighted by molar-refractivity contribution is 5.75. The Morgan fingerprint density at radius 2 is 1.95 bits per heavy atom. The van der Waals surface area contributed by atoms with E-state index >= 15 is 0 Å². The van der Waals surface area contributed by atoms with Crippen molar-refractivity contribution in [1.82, 2.24) is 5.16 Å². The van der Waals surface area contributed by atoms with Crippen LogP contribution in [-0.2, 0) is 4.74 Å². The van der Waals surface area contributed by atoms with E-state index in [0.717, 1.165) is 18.9 Å². The predicted octanol–water partition coefficient (Wildman–Crippen LogP) is 3.05. The molecule has 1 aromatic heterocycles. The molecule has 1 fully saturated rings. The number of benzene rings is 1. The molecule has 100 valence electrons. The number of nitrogens with two attached hydrogens (primary N) is 1. The summed E-state index contributed by atoms with van der Waals surface area (Å²) in [5, 5.41) is 3.86. The Balaban J connectivity index is 2.10. The quantitative estimate of drug-likeness (QED) is 0.907. The molecule has 0 saturated carbocycles. The molecule has 3 rings (SSSR count). The van der Waals surface area contributed by atoms with Gasteiger partial charge in [0.05, 0.1) is 5.56 Å². The molecule has 0 spiro atoms. The van der Waals surface area contributed by atoms with Gasteiger partial charge in [0.2, 0.25) is 5.88 Å². The Morgan fingerprint density at radius 3 is 2.58 bits per heavy atom. The van der Waals surface area contributed by atoms with Crippen LogP contribution < -0.4 is 5.73 Å². The molecular formula is C13H12F2N2O2. The lowest BCUT2D eigenvalue weighted by Gasteiger charge is -2.08. The first-order valence-electron chi connectivity index (χ1n) is 5.98. The lowest BCUT2D eigenvalue weighted by molar-refractivity contribution is 0.106. The Kier molecular flexibility index (Phi) is 2.94. The smallest absolute Gasteiger partial charge is 0.230 e. The third-order valence-electron chi connectivity index (χ3n) is 3.13. The molecule has 1 saturated heterocycles. The van der Waals surface area contributed by atoms with Crippen molar-refractivity contribution in [1.29, 1.82) is 0 Å². The number of anilines is 1. The molecule has 1 atom stereocenters. The summed E-state index contributed by atoms with van der Waals surface area (Å²) in [6.45, 7) is 0.633. The highest BCUT2D eigenvalue weighted by Gasteiger charge is 2.27. The van der Waals surface area contributed by atoms with Gasteiger partial charge in [-0.1, -0.05) is 5.16 Å². The van der Waals surface area contributed by atoms with E-state index in [2.05, 4.69) is 5.16 Å². The second-order valence-electron chi connectivity index (χ2n) is 4.47. The number of aromatic nitrogens is 1. The minimum atomic E-state index is -0.672. The fourth-order valence-electron chi connectivity index (χ4n) is 2.32. The molecular weight excluding hydrogens is 254 g/mol. The monoisotopic (exact) mass is 266 g/mol. The number of nitrogens with zero attached hydrogens (tertiary/aromatic N) is 1. The summed E-state index contributed by atoms with van der Waals surface area (Å²) in [6.07, 6.45) is 1.47. The summed E-state index contributed by atoms with van der Waals surface area (Å²) in [6, 6.07) is 3.20. The summed E-state index contributed by atoms with van der Waals surface area (Å²) < 4.78 is 37.0.